The summed E-state index contributed by atoms with van der Waals surface area (Å²) < 4.78 is 70.2. The van der Waals surface area contributed by atoms with Crippen LogP contribution in [0.25, 0.3) is 22.3 Å². The van der Waals surface area contributed by atoms with Gasteiger partial charge in [0.25, 0.3) is 0 Å². The molecular weight excluding hydrogens is 528 g/mol. The van der Waals surface area contributed by atoms with E-state index in [1.54, 1.807) is 66.7 Å². The summed E-state index contributed by atoms with van der Waals surface area (Å²) in [5.74, 6) is -3.17. The van der Waals surface area contributed by atoms with Gasteiger partial charge in [0.15, 0.2) is 23.2 Å². The number of aryl methyl sites for hydroxylation is 2. The third-order valence-electron chi connectivity index (χ3n) is 6.90. The Morgan fingerprint density at radius 3 is 1.85 bits per heavy atom. The van der Waals surface area contributed by atoms with Crippen LogP contribution < -0.4 is 9.47 Å². The van der Waals surface area contributed by atoms with Crippen molar-refractivity contribution in [2.24, 2.45) is 0 Å². The summed E-state index contributed by atoms with van der Waals surface area (Å²) in [7, 11) is 0. The summed E-state index contributed by atoms with van der Waals surface area (Å²) in [5, 5.41) is 0. The van der Waals surface area contributed by atoms with Crippen LogP contribution >= 0.6 is 0 Å². The van der Waals surface area contributed by atoms with Crippen LogP contribution in [0.4, 0.5) is 17.6 Å². The average molecular weight is 563 g/mol. The minimum Gasteiger partial charge on any atom is -0.494 e. The molecule has 0 unspecified atom stereocenters. The summed E-state index contributed by atoms with van der Waals surface area (Å²) in [6.07, 6.45) is 5.85. The van der Waals surface area contributed by atoms with Crippen molar-refractivity contribution in [1.29, 1.82) is 0 Å². The molecule has 0 fully saturated rings. The van der Waals surface area contributed by atoms with E-state index in [0.717, 1.165) is 24.8 Å². The molecular formula is C35H34F4O2. The second kappa shape index (κ2) is 14.5. The second-order valence-electron chi connectivity index (χ2n) is 9.84. The topological polar surface area (TPSA) is 18.5 Å². The lowest BCUT2D eigenvalue weighted by atomic mass is 9.97. The maximum Gasteiger partial charge on any atom is 0.200 e. The molecule has 0 spiro atoms. The van der Waals surface area contributed by atoms with E-state index < -0.39 is 23.3 Å². The van der Waals surface area contributed by atoms with E-state index in [1.165, 1.54) is 12.1 Å². The van der Waals surface area contributed by atoms with E-state index in [0.29, 0.717) is 36.3 Å². The lowest BCUT2D eigenvalue weighted by Crippen LogP contribution is -2.03. The van der Waals surface area contributed by atoms with Gasteiger partial charge >= 0.3 is 0 Å². The molecule has 0 amide bonds. The first-order valence-corrected chi connectivity index (χ1v) is 13.9. The smallest absolute Gasteiger partial charge is 0.200 e. The van der Waals surface area contributed by atoms with Crippen molar-refractivity contribution in [3.05, 3.63) is 120 Å². The Kier molecular flexibility index (Phi) is 10.6. The van der Waals surface area contributed by atoms with Crippen LogP contribution in [0, 0.1) is 23.3 Å². The Morgan fingerprint density at radius 2 is 1.24 bits per heavy atom. The molecule has 4 aromatic rings. The van der Waals surface area contributed by atoms with Gasteiger partial charge in [0.05, 0.1) is 13.2 Å². The van der Waals surface area contributed by atoms with E-state index in [9.17, 15) is 8.78 Å². The van der Waals surface area contributed by atoms with E-state index >= 15 is 8.78 Å². The van der Waals surface area contributed by atoms with E-state index in [4.69, 9.17) is 9.47 Å². The number of rotatable bonds is 14. The summed E-state index contributed by atoms with van der Waals surface area (Å²) in [5.41, 5.74) is 2.50. The molecule has 4 aromatic carbocycles. The summed E-state index contributed by atoms with van der Waals surface area (Å²) in [6, 6.07) is 20.0. The van der Waals surface area contributed by atoms with Gasteiger partial charge in [-0.05, 0) is 72.6 Å². The SMILES string of the molecule is C=CCCCOc1ccc(CCc2ccc(-c3ccc(-c4ccc(OCCCC)cc4)c(F)c3F)cc2)c(F)c1F. The van der Waals surface area contributed by atoms with Gasteiger partial charge in [-0.25, -0.2) is 13.2 Å². The van der Waals surface area contributed by atoms with Crippen molar-refractivity contribution in [2.45, 2.75) is 45.4 Å². The van der Waals surface area contributed by atoms with Crippen molar-refractivity contribution in [2.75, 3.05) is 13.2 Å². The average Bonchev–Trinajstić information content (AvgIpc) is 2.99. The van der Waals surface area contributed by atoms with Crippen LogP contribution in [0.5, 0.6) is 11.5 Å². The molecule has 0 atom stereocenters. The van der Waals surface area contributed by atoms with Gasteiger partial charge in [0.1, 0.15) is 5.75 Å². The number of unbranched alkanes of at least 4 members (excludes halogenated alkanes) is 2. The van der Waals surface area contributed by atoms with Gasteiger partial charge in [-0.3, -0.25) is 0 Å². The molecule has 41 heavy (non-hydrogen) atoms. The van der Waals surface area contributed by atoms with Crippen molar-refractivity contribution in [1.82, 2.24) is 0 Å². The van der Waals surface area contributed by atoms with E-state index in [1.807, 2.05) is 0 Å². The Hall–Kier alpha value is -4.06. The van der Waals surface area contributed by atoms with Crippen molar-refractivity contribution < 1.29 is 27.0 Å². The van der Waals surface area contributed by atoms with Gasteiger partial charge < -0.3 is 9.47 Å². The van der Waals surface area contributed by atoms with Crippen molar-refractivity contribution in [3.8, 4) is 33.8 Å². The molecule has 0 bridgehead atoms. The Balaban J connectivity index is 1.40. The first kappa shape index (κ1) is 29.9. The summed E-state index contributed by atoms with van der Waals surface area (Å²) in [4.78, 5) is 0. The zero-order valence-corrected chi connectivity index (χ0v) is 23.2. The largest absolute Gasteiger partial charge is 0.494 e. The molecule has 4 rings (SSSR count). The van der Waals surface area contributed by atoms with Crippen molar-refractivity contribution >= 4 is 0 Å². The van der Waals surface area contributed by atoms with Gasteiger partial charge in [-0.2, -0.15) is 4.39 Å². The molecule has 0 aromatic heterocycles. The first-order valence-electron chi connectivity index (χ1n) is 13.9. The number of allylic oxidation sites excluding steroid dienone is 1. The third-order valence-corrected chi connectivity index (χ3v) is 6.90. The van der Waals surface area contributed by atoms with Gasteiger partial charge in [0.2, 0.25) is 5.82 Å². The lowest BCUT2D eigenvalue weighted by Gasteiger charge is -2.12. The van der Waals surface area contributed by atoms with Crippen LogP contribution in [0.1, 0.15) is 43.7 Å². The summed E-state index contributed by atoms with van der Waals surface area (Å²) >= 11 is 0. The van der Waals surface area contributed by atoms with Crippen molar-refractivity contribution in [3.63, 3.8) is 0 Å². The highest BCUT2D eigenvalue weighted by Gasteiger charge is 2.17. The van der Waals surface area contributed by atoms with Crippen LogP contribution in [0.15, 0.2) is 85.5 Å². The number of hydrogen-bond acceptors (Lipinski definition) is 2. The van der Waals surface area contributed by atoms with Crippen LogP contribution in [-0.4, -0.2) is 13.2 Å². The van der Waals surface area contributed by atoms with Crippen LogP contribution in [-0.2, 0) is 12.8 Å². The first-order chi connectivity index (χ1) is 19.9. The zero-order chi connectivity index (χ0) is 29.2. The Labute approximate surface area is 239 Å². The molecule has 0 aliphatic heterocycles. The maximum atomic E-state index is 15.1. The second-order valence-corrected chi connectivity index (χ2v) is 9.84. The number of hydrogen-bond donors (Lipinski definition) is 0. The molecule has 6 heteroatoms. The lowest BCUT2D eigenvalue weighted by molar-refractivity contribution is 0.290. The Morgan fingerprint density at radius 1 is 0.634 bits per heavy atom. The van der Waals surface area contributed by atoms with E-state index in [-0.39, 0.29) is 35.5 Å². The molecule has 2 nitrogen and oxygen atoms in total. The highest BCUT2D eigenvalue weighted by molar-refractivity contribution is 5.72. The highest BCUT2D eigenvalue weighted by atomic mass is 19.2. The predicted octanol–water partition coefficient (Wildman–Crippen LogP) is 9.89. The fraction of sp³-hybridized carbons (Fsp3) is 0.257. The maximum absolute atomic E-state index is 15.1. The van der Waals surface area contributed by atoms with E-state index in [2.05, 4.69) is 13.5 Å². The number of ether oxygens (including phenoxy) is 2. The number of benzene rings is 4. The monoisotopic (exact) mass is 562 g/mol. The zero-order valence-electron chi connectivity index (χ0n) is 23.2. The number of halogens is 4. The normalized spacial score (nSPS) is 11.0. The minimum absolute atomic E-state index is 0.103. The minimum atomic E-state index is -0.992. The predicted molar refractivity (Wildman–Crippen MR) is 156 cm³/mol. The molecule has 0 saturated heterocycles. The molecule has 0 aliphatic carbocycles. The molecule has 0 aliphatic rings. The van der Waals surface area contributed by atoms with Gasteiger partial charge in [0, 0.05) is 11.1 Å². The molecule has 0 heterocycles. The fourth-order valence-electron chi connectivity index (χ4n) is 4.48. The molecule has 214 valence electrons. The summed E-state index contributed by atoms with van der Waals surface area (Å²) in [6.45, 7) is 6.60. The van der Waals surface area contributed by atoms with Crippen LogP contribution in [0.2, 0.25) is 0 Å². The molecule has 0 saturated carbocycles. The standard InChI is InChI=1S/C35H34F4O2/c1-3-5-7-23-41-31-21-16-27(32(36)35(31)39)13-10-24-8-11-25(12-9-24)29-19-20-30(34(38)33(29)37)26-14-17-28(18-15-26)40-22-6-4-2/h3,8-9,11-12,14-21H,1,4-7,10,13,22-23H2,2H3. The van der Waals surface area contributed by atoms with Gasteiger partial charge in [-0.1, -0.05) is 74.0 Å². The fourth-order valence-corrected chi connectivity index (χ4v) is 4.48. The third kappa shape index (κ3) is 7.57. The van der Waals surface area contributed by atoms with Crippen LogP contribution in [0.3, 0.4) is 0 Å². The Bertz CT molecular complexity index is 1450. The highest BCUT2D eigenvalue weighted by Crippen LogP contribution is 2.32. The van der Waals surface area contributed by atoms with Gasteiger partial charge in [-0.15, -0.1) is 6.58 Å². The quantitative estimate of drug-likeness (QED) is 0.0865. The molecule has 0 radical (unpaired) electrons. The molecule has 0 N–H and O–H groups in total.